The normalized spacial score (nSPS) is 11.6. The molecule has 114 valence electrons. The molecule has 2 N–H and O–H groups in total. The molecule has 0 aliphatic carbocycles. The number of hydrogen-bond donors (Lipinski definition) is 1. The Hall–Kier alpha value is -0.760. The Kier molecular flexibility index (Phi) is 5.19. The van der Waals surface area contributed by atoms with Crippen molar-refractivity contribution < 1.29 is 8.42 Å². The number of rotatable bonds is 5. The van der Waals surface area contributed by atoms with E-state index in [9.17, 15) is 8.42 Å². The van der Waals surface area contributed by atoms with Gasteiger partial charge < -0.3 is 5.73 Å². The second-order valence-corrected chi connectivity index (χ2v) is 9.23. The van der Waals surface area contributed by atoms with Gasteiger partial charge in [-0.1, -0.05) is 24.6 Å². The van der Waals surface area contributed by atoms with Crippen molar-refractivity contribution in [2.45, 2.75) is 17.6 Å². The predicted octanol–water partition coefficient (Wildman–Crippen LogP) is 4.35. The highest BCUT2D eigenvalue weighted by Gasteiger charge is 2.27. The smallest absolute Gasteiger partial charge is 0.273 e. The third kappa shape index (κ3) is 3.53. The topological polar surface area (TPSA) is 63.4 Å². The van der Waals surface area contributed by atoms with E-state index in [0.717, 1.165) is 11.3 Å². The van der Waals surface area contributed by atoms with E-state index in [1.54, 1.807) is 24.3 Å². The molecule has 0 aliphatic heterocycles. The number of sulfonamides is 1. The summed E-state index contributed by atoms with van der Waals surface area (Å²) in [6, 6.07) is 8.30. The van der Waals surface area contributed by atoms with Crippen LogP contribution in [0.15, 0.2) is 38.3 Å². The lowest BCUT2D eigenvalue weighted by molar-refractivity contribution is 0.592. The minimum absolute atomic E-state index is 0.204. The van der Waals surface area contributed by atoms with E-state index in [2.05, 4.69) is 15.9 Å². The monoisotopic (exact) mass is 408 g/mol. The molecule has 0 bridgehead atoms. The average Bonchev–Trinajstić information content (AvgIpc) is 2.76. The first-order chi connectivity index (χ1) is 9.86. The van der Waals surface area contributed by atoms with E-state index in [-0.39, 0.29) is 4.21 Å². The van der Waals surface area contributed by atoms with Crippen molar-refractivity contribution in [1.82, 2.24) is 0 Å². The number of thiophene rings is 1. The minimum atomic E-state index is -3.65. The molecule has 0 spiro atoms. The molecule has 1 aromatic carbocycles. The van der Waals surface area contributed by atoms with Crippen LogP contribution >= 0.6 is 38.9 Å². The van der Waals surface area contributed by atoms with E-state index in [1.165, 1.54) is 10.4 Å². The maximum atomic E-state index is 12.8. The van der Waals surface area contributed by atoms with Crippen LogP contribution in [0.4, 0.5) is 11.4 Å². The van der Waals surface area contributed by atoms with Gasteiger partial charge in [0.2, 0.25) is 0 Å². The maximum absolute atomic E-state index is 12.8. The number of nitrogens with two attached hydrogens (primary N) is 1. The predicted molar refractivity (Wildman–Crippen MR) is 92.7 cm³/mol. The summed E-state index contributed by atoms with van der Waals surface area (Å²) in [5.74, 6) is 0. The summed E-state index contributed by atoms with van der Waals surface area (Å²) < 4.78 is 27.8. The number of halogens is 2. The van der Waals surface area contributed by atoms with Gasteiger partial charge in [-0.25, -0.2) is 8.42 Å². The van der Waals surface area contributed by atoms with Crippen molar-refractivity contribution >= 4 is 60.3 Å². The molecule has 8 heteroatoms. The van der Waals surface area contributed by atoms with Gasteiger partial charge in [-0.3, -0.25) is 4.31 Å². The highest BCUT2D eigenvalue weighted by molar-refractivity contribution is 9.11. The van der Waals surface area contributed by atoms with E-state index in [1.807, 2.05) is 6.92 Å². The standard InChI is InChI=1S/C13H14BrClN2O2S2/c1-2-6-17(10-5-3-4-9(16)7-10)21(18,19)12-8-11(15)13(14)20-12/h3-5,7-8H,2,6,16H2,1H3. The van der Waals surface area contributed by atoms with Crippen LogP contribution in [0.3, 0.4) is 0 Å². The fourth-order valence-electron chi connectivity index (χ4n) is 1.83. The third-order valence-electron chi connectivity index (χ3n) is 2.75. The van der Waals surface area contributed by atoms with E-state index in [4.69, 9.17) is 17.3 Å². The molecular formula is C13H14BrClN2O2S2. The quantitative estimate of drug-likeness (QED) is 0.747. The minimum Gasteiger partial charge on any atom is -0.399 e. The molecule has 4 nitrogen and oxygen atoms in total. The number of hydrogen-bond acceptors (Lipinski definition) is 4. The zero-order valence-electron chi connectivity index (χ0n) is 11.2. The summed E-state index contributed by atoms with van der Waals surface area (Å²) in [6.45, 7) is 2.30. The van der Waals surface area contributed by atoms with Crippen molar-refractivity contribution in [1.29, 1.82) is 0 Å². The molecule has 0 fully saturated rings. The fraction of sp³-hybridized carbons (Fsp3) is 0.231. The molecule has 0 amide bonds. The molecule has 0 atom stereocenters. The van der Waals surface area contributed by atoms with Gasteiger partial charge in [0.25, 0.3) is 10.0 Å². The van der Waals surface area contributed by atoms with Crippen molar-refractivity contribution in [3.63, 3.8) is 0 Å². The van der Waals surface area contributed by atoms with E-state index >= 15 is 0 Å². The lowest BCUT2D eigenvalue weighted by Gasteiger charge is -2.23. The van der Waals surface area contributed by atoms with Gasteiger partial charge in [0, 0.05) is 12.2 Å². The molecule has 0 saturated carbocycles. The second-order valence-electron chi connectivity index (χ2n) is 4.36. The summed E-state index contributed by atoms with van der Waals surface area (Å²) in [7, 11) is -3.65. The Morgan fingerprint density at radius 1 is 1.38 bits per heavy atom. The molecule has 0 saturated heterocycles. The SMILES string of the molecule is CCCN(c1cccc(N)c1)S(=O)(=O)c1cc(Cl)c(Br)s1. The van der Waals surface area contributed by atoms with Gasteiger partial charge in [-0.05, 0) is 46.6 Å². The summed E-state index contributed by atoms with van der Waals surface area (Å²) >= 11 is 10.3. The lowest BCUT2D eigenvalue weighted by atomic mass is 10.3. The first kappa shape index (κ1) is 16.6. The molecule has 0 unspecified atom stereocenters. The Labute approximate surface area is 141 Å². The zero-order chi connectivity index (χ0) is 15.6. The van der Waals surface area contributed by atoms with Crippen LogP contribution in [-0.2, 0) is 10.0 Å². The average molecular weight is 410 g/mol. The Bertz CT molecular complexity index is 727. The van der Waals surface area contributed by atoms with Crippen molar-refractivity contribution in [2.24, 2.45) is 0 Å². The van der Waals surface area contributed by atoms with Gasteiger partial charge in [0.1, 0.15) is 4.21 Å². The van der Waals surface area contributed by atoms with E-state index < -0.39 is 10.0 Å². The highest BCUT2D eigenvalue weighted by Crippen LogP contribution is 2.37. The molecule has 21 heavy (non-hydrogen) atoms. The van der Waals surface area contributed by atoms with Crippen LogP contribution in [0.5, 0.6) is 0 Å². The third-order valence-corrected chi connectivity index (χ3v) is 7.50. The highest BCUT2D eigenvalue weighted by atomic mass is 79.9. The van der Waals surface area contributed by atoms with Crippen LogP contribution in [-0.4, -0.2) is 15.0 Å². The van der Waals surface area contributed by atoms with E-state index in [0.29, 0.717) is 33.1 Å². The summed E-state index contributed by atoms with van der Waals surface area (Å²) in [6.07, 6.45) is 0.689. The Morgan fingerprint density at radius 2 is 2.10 bits per heavy atom. The van der Waals surface area contributed by atoms with Crippen LogP contribution in [0.25, 0.3) is 0 Å². The van der Waals surface area contributed by atoms with Gasteiger partial charge in [-0.15, -0.1) is 11.3 Å². The van der Waals surface area contributed by atoms with Crippen molar-refractivity contribution in [2.75, 3.05) is 16.6 Å². The second kappa shape index (κ2) is 6.56. The maximum Gasteiger partial charge on any atom is 0.273 e. The molecule has 1 heterocycles. The zero-order valence-corrected chi connectivity index (χ0v) is 15.2. The summed E-state index contributed by atoms with van der Waals surface area (Å²) in [5, 5.41) is 0.391. The van der Waals surface area contributed by atoms with Gasteiger partial charge >= 0.3 is 0 Å². The van der Waals surface area contributed by atoms with Crippen molar-refractivity contribution in [3.8, 4) is 0 Å². The number of nitrogens with zero attached hydrogens (tertiary/aromatic N) is 1. The first-order valence-electron chi connectivity index (χ1n) is 6.19. The number of benzene rings is 1. The number of nitrogen functional groups attached to an aromatic ring is 1. The summed E-state index contributed by atoms with van der Waals surface area (Å²) in [5.41, 5.74) is 6.83. The van der Waals surface area contributed by atoms with Gasteiger partial charge in [0.05, 0.1) is 14.5 Å². The fourth-order valence-corrected chi connectivity index (χ4v) is 5.90. The Morgan fingerprint density at radius 3 is 2.62 bits per heavy atom. The van der Waals surface area contributed by atoms with Crippen LogP contribution < -0.4 is 10.0 Å². The summed E-state index contributed by atoms with van der Waals surface area (Å²) in [4.78, 5) is 0. The largest absolute Gasteiger partial charge is 0.399 e. The lowest BCUT2D eigenvalue weighted by Crippen LogP contribution is -2.31. The first-order valence-corrected chi connectivity index (χ1v) is 9.62. The number of anilines is 2. The van der Waals surface area contributed by atoms with Crippen molar-refractivity contribution in [3.05, 3.63) is 39.1 Å². The van der Waals surface area contributed by atoms with Crippen LogP contribution in [0.2, 0.25) is 5.02 Å². The van der Waals surface area contributed by atoms with Gasteiger partial charge in [0.15, 0.2) is 0 Å². The molecule has 2 aromatic rings. The van der Waals surface area contributed by atoms with Crippen LogP contribution in [0, 0.1) is 0 Å². The molecule has 2 rings (SSSR count). The molecular weight excluding hydrogens is 396 g/mol. The molecule has 0 aliphatic rings. The van der Waals surface area contributed by atoms with Crippen LogP contribution in [0.1, 0.15) is 13.3 Å². The Balaban J connectivity index is 2.51. The van der Waals surface area contributed by atoms with Gasteiger partial charge in [-0.2, -0.15) is 0 Å². The molecule has 0 radical (unpaired) electrons. The molecule has 1 aromatic heterocycles.